The van der Waals surface area contributed by atoms with Gasteiger partial charge in [-0.2, -0.15) is 0 Å². The number of amides is 1. The van der Waals surface area contributed by atoms with E-state index in [2.05, 4.69) is 25.7 Å². The minimum Gasteiger partial charge on any atom is -0.459 e. The molecule has 1 amide bonds. The zero-order valence-electron chi connectivity index (χ0n) is 21.2. The first-order chi connectivity index (χ1) is 16.3. The van der Waals surface area contributed by atoms with Crippen LogP contribution >= 0.6 is 0 Å². The largest absolute Gasteiger partial charge is 0.459 e. The Hall–Kier alpha value is -1.89. The standard InChI is InChI=1S/C28H42N2O4/c1-28(2,3)23-17-25(34-26(18-23)33-20-22-9-7-21(19-31)8-10-22)27(32)30-15-11-24(12-16-30)29-13-5-4-6-14-29/h7-10,17,23-24,26,31H,4-6,11-16,18-20H2,1-3H3/t23-,26+/m0/s1. The lowest BCUT2D eigenvalue weighted by molar-refractivity contribution is -0.162. The van der Waals surface area contributed by atoms with E-state index in [1.807, 2.05) is 35.2 Å². The molecule has 3 aliphatic heterocycles. The smallest absolute Gasteiger partial charge is 0.288 e. The van der Waals surface area contributed by atoms with Crippen LogP contribution in [0, 0.1) is 11.3 Å². The summed E-state index contributed by atoms with van der Waals surface area (Å²) in [6, 6.07) is 8.34. The van der Waals surface area contributed by atoms with E-state index in [-0.39, 0.29) is 23.8 Å². The summed E-state index contributed by atoms with van der Waals surface area (Å²) in [5.74, 6) is 0.656. The molecular formula is C28H42N2O4. The van der Waals surface area contributed by atoms with E-state index in [4.69, 9.17) is 9.47 Å². The van der Waals surface area contributed by atoms with Crippen LogP contribution in [0.3, 0.4) is 0 Å². The minimum absolute atomic E-state index is 0.00643. The van der Waals surface area contributed by atoms with Gasteiger partial charge in [-0.15, -0.1) is 0 Å². The van der Waals surface area contributed by atoms with Crippen LogP contribution in [0.5, 0.6) is 0 Å². The van der Waals surface area contributed by atoms with Crippen molar-refractivity contribution in [2.24, 2.45) is 11.3 Å². The summed E-state index contributed by atoms with van der Waals surface area (Å²) in [4.78, 5) is 18.0. The average molecular weight is 471 g/mol. The molecule has 6 heteroatoms. The van der Waals surface area contributed by atoms with Gasteiger partial charge in [-0.05, 0) is 67.3 Å². The van der Waals surface area contributed by atoms with Gasteiger partial charge in [-0.25, -0.2) is 0 Å². The molecule has 188 valence electrons. The highest BCUT2D eigenvalue weighted by Crippen LogP contribution is 2.37. The number of rotatable bonds is 6. The van der Waals surface area contributed by atoms with Gasteiger partial charge in [0, 0.05) is 25.6 Å². The number of nitrogens with zero attached hydrogens (tertiary/aromatic N) is 2. The molecule has 0 unspecified atom stereocenters. The normalized spacial score (nSPS) is 25.1. The summed E-state index contributed by atoms with van der Waals surface area (Å²) in [7, 11) is 0. The summed E-state index contributed by atoms with van der Waals surface area (Å²) in [6.45, 7) is 11.1. The Morgan fingerprint density at radius 2 is 1.68 bits per heavy atom. The van der Waals surface area contributed by atoms with Gasteiger partial charge in [0.05, 0.1) is 13.2 Å². The molecule has 0 radical (unpaired) electrons. The molecule has 6 nitrogen and oxygen atoms in total. The molecule has 1 aromatic rings. The summed E-state index contributed by atoms with van der Waals surface area (Å²) < 4.78 is 12.3. The zero-order chi connectivity index (χ0) is 24.1. The molecule has 0 aromatic heterocycles. The third kappa shape index (κ3) is 6.41. The van der Waals surface area contributed by atoms with Crippen molar-refractivity contribution in [1.82, 2.24) is 9.80 Å². The summed E-state index contributed by atoms with van der Waals surface area (Å²) >= 11 is 0. The molecule has 0 aliphatic carbocycles. The van der Waals surface area contributed by atoms with Gasteiger partial charge in [0.15, 0.2) is 5.76 Å². The summed E-state index contributed by atoms with van der Waals surface area (Å²) in [5, 5.41) is 9.24. The van der Waals surface area contributed by atoms with Gasteiger partial charge in [0.25, 0.3) is 5.91 Å². The van der Waals surface area contributed by atoms with E-state index in [1.165, 1.54) is 32.4 Å². The first-order valence-corrected chi connectivity index (χ1v) is 13.1. The Kier molecular flexibility index (Phi) is 8.33. The highest BCUT2D eigenvalue weighted by atomic mass is 16.7. The van der Waals surface area contributed by atoms with Crippen LogP contribution in [-0.4, -0.2) is 59.3 Å². The fourth-order valence-electron chi connectivity index (χ4n) is 5.32. The maximum Gasteiger partial charge on any atom is 0.288 e. The van der Waals surface area contributed by atoms with Crippen LogP contribution in [0.2, 0.25) is 0 Å². The molecule has 3 aliphatic rings. The van der Waals surface area contributed by atoms with Gasteiger partial charge in [-0.3, -0.25) is 4.79 Å². The maximum absolute atomic E-state index is 13.4. The van der Waals surface area contributed by atoms with Crippen molar-refractivity contribution in [3.8, 4) is 0 Å². The first-order valence-electron chi connectivity index (χ1n) is 13.1. The Bertz CT molecular complexity index is 831. The second kappa shape index (κ2) is 11.2. The third-order valence-electron chi connectivity index (χ3n) is 7.68. The molecule has 3 heterocycles. The molecule has 2 saturated heterocycles. The number of piperidine rings is 2. The van der Waals surface area contributed by atoms with Crippen LogP contribution in [0.4, 0.5) is 0 Å². The lowest BCUT2D eigenvalue weighted by Crippen LogP contribution is -2.49. The fraction of sp³-hybridized carbons (Fsp3) is 0.679. The number of benzene rings is 1. The van der Waals surface area contributed by atoms with Gasteiger partial charge in [0.2, 0.25) is 6.29 Å². The molecule has 34 heavy (non-hydrogen) atoms. The maximum atomic E-state index is 13.4. The quantitative estimate of drug-likeness (QED) is 0.665. The van der Waals surface area contributed by atoms with Crippen LogP contribution in [0.25, 0.3) is 0 Å². The summed E-state index contributed by atoms with van der Waals surface area (Å²) in [5.41, 5.74) is 1.92. The minimum atomic E-state index is -0.448. The number of carbonyl (C=O) groups excluding carboxylic acids is 1. The van der Waals surface area contributed by atoms with E-state index in [9.17, 15) is 9.90 Å². The van der Waals surface area contributed by atoms with Gasteiger partial charge in [0.1, 0.15) is 0 Å². The molecule has 2 fully saturated rings. The molecular weight excluding hydrogens is 428 g/mol. The number of ether oxygens (including phenoxy) is 2. The zero-order valence-corrected chi connectivity index (χ0v) is 21.2. The highest BCUT2D eigenvalue weighted by molar-refractivity contribution is 5.91. The van der Waals surface area contributed by atoms with Crippen molar-refractivity contribution in [2.45, 2.75) is 84.8 Å². The van der Waals surface area contributed by atoms with E-state index in [0.29, 0.717) is 18.4 Å². The molecule has 0 spiro atoms. The van der Waals surface area contributed by atoms with Gasteiger partial charge < -0.3 is 24.4 Å². The second-order valence-corrected chi connectivity index (χ2v) is 11.2. The lowest BCUT2D eigenvalue weighted by atomic mass is 9.77. The van der Waals surface area contributed by atoms with Crippen molar-refractivity contribution in [3.63, 3.8) is 0 Å². The predicted molar refractivity (Wildman–Crippen MR) is 133 cm³/mol. The number of carbonyl (C=O) groups is 1. The Morgan fingerprint density at radius 3 is 2.29 bits per heavy atom. The van der Waals surface area contributed by atoms with Crippen molar-refractivity contribution in [2.75, 3.05) is 26.2 Å². The highest BCUT2D eigenvalue weighted by Gasteiger charge is 2.36. The van der Waals surface area contributed by atoms with Crippen LogP contribution < -0.4 is 0 Å². The topological polar surface area (TPSA) is 62.2 Å². The van der Waals surface area contributed by atoms with Crippen molar-refractivity contribution < 1.29 is 19.4 Å². The van der Waals surface area contributed by atoms with Crippen LogP contribution in [-0.2, 0) is 27.5 Å². The van der Waals surface area contributed by atoms with Gasteiger partial charge in [-0.1, -0.05) is 51.5 Å². The molecule has 0 bridgehead atoms. The Labute approximate surface area is 204 Å². The van der Waals surface area contributed by atoms with Crippen molar-refractivity contribution in [3.05, 3.63) is 47.2 Å². The van der Waals surface area contributed by atoms with Crippen molar-refractivity contribution >= 4 is 5.91 Å². The average Bonchev–Trinajstić information content (AvgIpc) is 2.87. The molecule has 0 saturated carbocycles. The van der Waals surface area contributed by atoms with E-state index < -0.39 is 6.29 Å². The Morgan fingerprint density at radius 1 is 1.03 bits per heavy atom. The third-order valence-corrected chi connectivity index (χ3v) is 7.68. The number of hydrogen-bond acceptors (Lipinski definition) is 5. The monoisotopic (exact) mass is 470 g/mol. The van der Waals surface area contributed by atoms with Crippen molar-refractivity contribution in [1.29, 1.82) is 0 Å². The van der Waals surface area contributed by atoms with E-state index in [0.717, 1.165) is 43.5 Å². The second-order valence-electron chi connectivity index (χ2n) is 11.2. The SMILES string of the molecule is CC(C)(C)[C@H]1C=C(C(=O)N2CCC(N3CCCCC3)CC2)O[C@@H](OCc2ccc(CO)cc2)C1. The number of likely N-dealkylation sites (tertiary alicyclic amines) is 2. The fourth-order valence-corrected chi connectivity index (χ4v) is 5.32. The van der Waals surface area contributed by atoms with Crippen LogP contribution in [0.15, 0.2) is 36.1 Å². The lowest BCUT2D eigenvalue weighted by Gasteiger charge is -2.41. The molecule has 4 rings (SSSR count). The Balaban J connectivity index is 1.36. The number of aliphatic hydroxyl groups excluding tert-OH is 1. The molecule has 1 N–H and O–H groups in total. The van der Waals surface area contributed by atoms with E-state index >= 15 is 0 Å². The number of allylic oxidation sites excluding steroid dienone is 1. The number of hydrogen-bond donors (Lipinski definition) is 1. The number of aliphatic hydroxyl groups is 1. The van der Waals surface area contributed by atoms with Gasteiger partial charge >= 0.3 is 0 Å². The molecule has 2 atom stereocenters. The predicted octanol–water partition coefficient (Wildman–Crippen LogP) is 4.47. The summed E-state index contributed by atoms with van der Waals surface area (Å²) in [6.07, 6.45) is 8.38. The van der Waals surface area contributed by atoms with E-state index in [1.54, 1.807) is 0 Å². The van der Waals surface area contributed by atoms with Crippen LogP contribution in [0.1, 0.15) is 70.4 Å². The molecule has 1 aromatic carbocycles. The first kappa shape index (κ1) is 25.2.